The van der Waals surface area contributed by atoms with Crippen LogP contribution in [0.3, 0.4) is 0 Å². The predicted molar refractivity (Wildman–Crippen MR) is 50.0 cm³/mol. The van der Waals surface area contributed by atoms with Crippen LogP contribution < -0.4 is 0 Å². The lowest BCUT2D eigenvalue weighted by atomic mass is 9.94. The maximum Gasteiger partial charge on any atom is 0.0596 e. The van der Waals surface area contributed by atoms with Crippen LogP contribution in [0.5, 0.6) is 0 Å². The van der Waals surface area contributed by atoms with Gasteiger partial charge in [0.1, 0.15) is 0 Å². The van der Waals surface area contributed by atoms with Crippen molar-refractivity contribution in [2.24, 2.45) is 10.4 Å². The normalized spacial score (nSPS) is 25.2. The Morgan fingerprint density at radius 2 is 2.18 bits per heavy atom. The molecule has 0 amide bonds. The molecule has 1 aliphatic rings. The Balaban J connectivity index is 2.84. The summed E-state index contributed by atoms with van der Waals surface area (Å²) in [6.45, 7) is 7.25. The highest BCUT2D eigenvalue weighted by atomic mass is 14.7. The minimum absolute atomic E-state index is 0.122. The van der Waals surface area contributed by atoms with Gasteiger partial charge in [-0.15, -0.1) is 0 Å². The molecule has 1 heterocycles. The van der Waals surface area contributed by atoms with Crippen LogP contribution >= 0.6 is 0 Å². The van der Waals surface area contributed by atoms with Gasteiger partial charge in [0.15, 0.2) is 0 Å². The number of hydrogen-bond donors (Lipinski definition) is 0. The molecule has 0 aromatic rings. The third-order valence-electron chi connectivity index (χ3n) is 1.67. The van der Waals surface area contributed by atoms with Crippen LogP contribution in [0, 0.1) is 5.41 Å². The highest BCUT2D eigenvalue weighted by Gasteiger charge is 2.09. The molecule has 1 heteroatoms. The molecular formula is C10H15N. The fourth-order valence-electron chi connectivity index (χ4n) is 0.981. The van der Waals surface area contributed by atoms with Crippen LogP contribution in [0.15, 0.2) is 28.8 Å². The summed E-state index contributed by atoms with van der Waals surface area (Å²) in [5.74, 6) is 0. The van der Waals surface area contributed by atoms with Crippen molar-refractivity contribution in [2.75, 3.05) is 6.54 Å². The van der Waals surface area contributed by atoms with Crippen LogP contribution in [0.4, 0.5) is 0 Å². The molecular weight excluding hydrogens is 134 g/mol. The van der Waals surface area contributed by atoms with E-state index < -0.39 is 0 Å². The smallest absolute Gasteiger partial charge is 0.0596 e. The lowest BCUT2D eigenvalue weighted by molar-refractivity contribution is 0.689. The van der Waals surface area contributed by atoms with Crippen LogP contribution in [0.25, 0.3) is 0 Å². The van der Waals surface area contributed by atoms with Gasteiger partial charge in [-0.3, -0.25) is 4.99 Å². The molecule has 0 aromatic heterocycles. The van der Waals surface area contributed by atoms with Crippen molar-refractivity contribution in [3.63, 3.8) is 0 Å². The fourth-order valence-corrected chi connectivity index (χ4v) is 0.981. The van der Waals surface area contributed by atoms with Gasteiger partial charge < -0.3 is 0 Å². The van der Waals surface area contributed by atoms with E-state index in [9.17, 15) is 0 Å². The van der Waals surface area contributed by atoms with Gasteiger partial charge >= 0.3 is 0 Å². The molecule has 0 radical (unpaired) electrons. The van der Waals surface area contributed by atoms with Gasteiger partial charge in [-0.1, -0.05) is 37.6 Å². The summed E-state index contributed by atoms with van der Waals surface area (Å²) >= 11 is 0. The second-order valence-electron chi connectivity index (χ2n) is 3.66. The highest BCUT2D eigenvalue weighted by molar-refractivity contribution is 5.68. The van der Waals surface area contributed by atoms with Gasteiger partial charge in [0, 0.05) is 11.6 Å². The van der Waals surface area contributed by atoms with Crippen molar-refractivity contribution >= 4 is 6.21 Å². The van der Waals surface area contributed by atoms with Gasteiger partial charge in [-0.05, 0) is 6.92 Å². The summed E-state index contributed by atoms with van der Waals surface area (Å²) in [5.41, 5.74) is 1.44. The maximum absolute atomic E-state index is 4.32. The van der Waals surface area contributed by atoms with Crippen molar-refractivity contribution in [1.29, 1.82) is 0 Å². The number of nitrogens with zero attached hydrogens (tertiary/aromatic N) is 1. The van der Waals surface area contributed by atoms with E-state index in [0.29, 0.717) is 0 Å². The molecule has 0 atom stereocenters. The highest BCUT2D eigenvalue weighted by Crippen LogP contribution is 2.15. The summed E-state index contributed by atoms with van der Waals surface area (Å²) in [5, 5.41) is 0. The van der Waals surface area contributed by atoms with Gasteiger partial charge in [0.05, 0.1) is 6.54 Å². The van der Waals surface area contributed by atoms with Crippen molar-refractivity contribution < 1.29 is 0 Å². The number of rotatable bonds is 0. The van der Waals surface area contributed by atoms with Gasteiger partial charge in [-0.25, -0.2) is 0 Å². The lowest BCUT2D eigenvalue weighted by Crippen LogP contribution is -2.10. The molecule has 0 saturated heterocycles. The third-order valence-corrected chi connectivity index (χ3v) is 1.67. The Hall–Kier alpha value is -0.850. The van der Waals surface area contributed by atoms with E-state index in [1.54, 1.807) is 0 Å². The molecule has 1 rings (SSSR count). The first kappa shape index (κ1) is 8.25. The van der Waals surface area contributed by atoms with E-state index >= 15 is 0 Å². The Morgan fingerprint density at radius 1 is 1.45 bits per heavy atom. The molecule has 0 bridgehead atoms. The maximum atomic E-state index is 4.32. The first-order valence-corrected chi connectivity index (χ1v) is 3.96. The molecule has 60 valence electrons. The SMILES string of the molecule is CC1=C/C=C\C(C)(C)C=NC1. The van der Waals surface area contributed by atoms with Crippen LogP contribution in [-0.4, -0.2) is 12.8 Å². The van der Waals surface area contributed by atoms with Crippen molar-refractivity contribution in [3.8, 4) is 0 Å². The van der Waals surface area contributed by atoms with Crippen LogP contribution in [0.2, 0.25) is 0 Å². The second-order valence-corrected chi connectivity index (χ2v) is 3.66. The molecule has 0 aromatic carbocycles. The first-order valence-electron chi connectivity index (χ1n) is 3.96. The Kier molecular flexibility index (Phi) is 2.28. The van der Waals surface area contributed by atoms with Crippen molar-refractivity contribution in [2.45, 2.75) is 20.8 Å². The zero-order chi connectivity index (χ0) is 8.32. The Labute approximate surface area is 68.5 Å². The molecule has 0 unspecified atom stereocenters. The second kappa shape index (κ2) is 3.04. The van der Waals surface area contributed by atoms with E-state index in [1.807, 2.05) is 6.21 Å². The first-order chi connectivity index (χ1) is 5.10. The molecule has 11 heavy (non-hydrogen) atoms. The quantitative estimate of drug-likeness (QED) is 0.502. The predicted octanol–water partition coefficient (Wildman–Crippen LogP) is 2.60. The zero-order valence-corrected chi connectivity index (χ0v) is 7.46. The Bertz CT molecular complexity index is 219. The summed E-state index contributed by atoms with van der Waals surface area (Å²) in [6.07, 6.45) is 8.41. The molecule has 0 spiro atoms. The van der Waals surface area contributed by atoms with Crippen molar-refractivity contribution in [1.82, 2.24) is 0 Å². The van der Waals surface area contributed by atoms with Crippen LogP contribution in [0.1, 0.15) is 20.8 Å². The average molecular weight is 149 g/mol. The fraction of sp³-hybridized carbons (Fsp3) is 0.500. The topological polar surface area (TPSA) is 12.4 Å². The van der Waals surface area contributed by atoms with Gasteiger partial charge in [0.2, 0.25) is 0 Å². The molecule has 1 aliphatic heterocycles. The third kappa shape index (κ3) is 2.71. The number of aliphatic imine (C=N–C) groups is 1. The van der Waals surface area contributed by atoms with Crippen molar-refractivity contribution in [3.05, 3.63) is 23.8 Å². The summed E-state index contributed by atoms with van der Waals surface area (Å²) < 4.78 is 0. The summed E-state index contributed by atoms with van der Waals surface area (Å²) in [7, 11) is 0. The van der Waals surface area contributed by atoms with E-state index in [-0.39, 0.29) is 5.41 Å². The number of allylic oxidation sites excluding steroid dienone is 3. The zero-order valence-electron chi connectivity index (χ0n) is 7.46. The molecule has 0 aliphatic carbocycles. The van der Waals surface area contributed by atoms with Gasteiger partial charge in [-0.2, -0.15) is 0 Å². The van der Waals surface area contributed by atoms with E-state index in [0.717, 1.165) is 6.54 Å². The minimum Gasteiger partial charge on any atom is -0.292 e. The largest absolute Gasteiger partial charge is 0.292 e. The average Bonchev–Trinajstić information content (AvgIpc) is 1.83. The lowest BCUT2D eigenvalue weighted by Gasteiger charge is -2.14. The number of hydrogen-bond acceptors (Lipinski definition) is 1. The van der Waals surface area contributed by atoms with E-state index in [2.05, 4.69) is 44.0 Å². The molecule has 0 N–H and O–H groups in total. The monoisotopic (exact) mass is 149 g/mol. The standard InChI is InChI=1S/C10H15N/c1-9-5-4-6-10(2,3)8-11-7-9/h4-6,8H,7H2,1-3H3/b6-4-,9-5?,11-8?. The molecule has 0 saturated carbocycles. The molecule has 1 nitrogen and oxygen atoms in total. The summed E-state index contributed by atoms with van der Waals surface area (Å²) in [6, 6.07) is 0. The van der Waals surface area contributed by atoms with Crippen LogP contribution in [-0.2, 0) is 0 Å². The minimum atomic E-state index is 0.122. The Morgan fingerprint density at radius 3 is 2.91 bits per heavy atom. The van der Waals surface area contributed by atoms with E-state index in [1.165, 1.54) is 5.57 Å². The molecule has 0 fully saturated rings. The van der Waals surface area contributed by atoms with Gasteiger partial charge in [0.25, 0.3) is 0 Å². The van der Waals surface area contributed by atoms with E-state index in [4.69, 9.17) is 0 Å². The summed E-state index contributed by atoms with van der Waals surface area (Å²) in [4.78, 5) is 4.32.